The van der Waals surface area contributed by atoms with Gasteiger partial charge >= 0.3 is 0 Å². The number of aliphatic imine (C=N–C) groups is 1. The van der Waals surface area contributed by atoms with Crippen LogP contribution in [0.25, 0.3) is 4.85 Å². The van der Waals surface area contributed by atoms with Crippen LogP contribution in [-0.4, -0.2) is 41.0 Å². The number of hydrogen-bond acceptors (Lipinski definition) is 6. The van der Waals surface area contributed by atoms with Gasteiger partial charge in [0.25, 0.3) is 11.4 Å². The molecule has 1 aromatic heterocycles. The second-order valence-electron chi connectivity index (χ2n) is 7.14. The minimum absolute atomic E-state index is 0.0228. The Morgan fingerprint density at radius 3 is 2.70 bits per heavy atom. The average molecular weight is 414 g/mol. The van der Waals surface area contributed by atoms with Crippen LogP contribution in [0.4, 0.5) is 14.5 Å². The zero-order valence-electron chi connectivity index (χ0n) is 16.4. The fourth-order valence-corrected chi connectivity index (χ4v) is 3.16. The van der Waals surface area contributed by atoms with Crippen molar-refractivity contribution in [3.05, 3.63) is 59.1 Å². The fourth-order valence-electron chi connectivity index (χ4n) is 3.16. The summed E-state index contributed by atoms with van der Waals surface area (Å²) < 4.78 is 33.7. The van der Waals surface area contributed by atoms with Gasteiger partial charge in [-0.25, -0.2) is 25.3 Å². The Labute approximate surface area is 172 Å². The molecule has 0 spiro atoms. The molecule has 0 radical (unpaired) electrons. The van der Waals surface area contributed by atoms with E-state index in [-0.39, 0.29) is 41.5 Å². The third kappa shape index (κ3) is 3.78. The van der Waals surface area contributed by atoms with Crippen molar-refractivity contribution in [3.8, 4) is 5.88 Å². The van der Waals surface area contributed by atoms with E-state index in [9.17, 15) is 13.6 Å². The second kappa shape index (κ2) is 8.02. The van der Waals surface area contributed by atoms with Crippen molar-refractivity contribution in [1.29, 1.82) is 0 Å². The molecule has 0 aliphatic carbocycles. The van der Waals surface area contributed by atoms with E-state index >= 15 is 0 Å². The van der Waals surface area contributed by atoms with Gasteiger partial charge < -0.3 is 20.6 Å². The lowest BCUT2D eigenvalue weighted by molar-refractivity contribution is 0.102. The molecule has 0 unspecified atom stereocenters. The van der Waals surface area contributed by atoms with E-state index < -0.39 is 29.5 Å². The van der Waals surface area contributed by atoms with E-state index in [1.807, 2.05) is 0 Å². The Balaban J connectivity index is 1.93. The number of amidine groups is 1. The Bertz CT molecular complexity index is 1040. The van der Waals surface area contributed by atoms with Crippen LogP contribution < -0.4 is 15.8 Å². The predicted molar refractivity (Wildman–Crippen MR) is 106 cm³/mol. The SMILES string of the molecule is [C-]#[N+][C@@]1(C)CC[C@@](CF)(c2cc(NC(=O)c3cnc(OC)cn3)ccc2F)N=C1N. The number of ether oxygens (including phenoxy) is 1. The van der Waals surface area contributed by atoms with Gasteiger partial charge in [-0.05, 0) is 24.6 Å². The van der Waals surface area contributed by atoms with Gasteiger partial charge in [-0.3, -0.25) is 9.79 Å². The largest absolute Gasteiger partial charge is 0.480 e. The summed E-state index contributed by atoms with van der Waals surface area (Å²) >= 11 is 0. The van der Waals surface area contributed by atoms with Crippen molar-refractivity contribution in [2.45, 2.75) is 30.8 Å². The Morgan fingerprint density at radius 2 is 2.13 bits per heavy atom. The monoisotopic (exact) mass is 414 g/mol. The summed E-state index contributed by atoms with van der Waals surface area (Å²) in [4.78, 5) is 27.9. The molecule has 1 amide bonds. The molecule has 156 valence electrons. The fraction of sp³-hybridized carbons (Fsp3) is 0.350. The molecule has 8 nitrogen and oxygen atoms in total. The molecule has 0 bridgehead atoms. The lowest BCUT2D eigenvalue weighted by Gasteiger charge is -2.35. The van der Waals surface area contributed by atoms with Crippen LogP contribution in [-0.2, 0) is 5.54 Å². The van der Waals surface area contributed by atoms with Gasteiger partial charge in [-0.1, -0.05) is 0 Å². The number of hydrogen-bond donors (Lipinski definition) is 2. The molecule has 10 heteroatoms. The molecule has 2 aromatic rings. The highest BCUT2D eigenvalue weighted by atomic mass is 19.1. The smallest absolute Gasteiger partial charge is 0.285 e. The molecule has 0 fully saturated rings. The molecule has 3 N–H and O–H groups in total. The third-order valence-electron chi connectivity index (χ3n) is 5.17. The van der Waals surface area contributed by atoms with Gasteiger partial charge in [-0.15, -0.1) is 0 Å². The summed E-state index contributed by atoms with van der Waals surface area (Å²) in [5, 5.41) is 2.58. The molecule has 30 heavy (non-hydrogen) atoms. The number of methoxy groups -OCH3 is 1. The predicted octanol–water partition coefficient (Wildman–Crippen LogP) is 2.87. The van der Waals surface area contributed by atoms with E-state index in [2.05, 4.69) is 25.1 Å². The molecule has 0 saturated heterocycles. The van der Waals surface area contributed by atoms with Crippen LogP contribution >= 0.6 is 0 Å². The number of alkyl halides is 1. The lowest BCUT2D eigenvalue weighted by atomic mass is 9.78. The Kier molecular flexibility index (Phi) is 5.64. The number of anilines is 1. The second-order valence-corrected chi connectivity index (χ2v) is 7.14. The lowest BCUT2D eigenvalue weighted by Crippen LogP contribution is -2.47. The summed E-state index contributed by atoms with van der Waals surface area (Å²) in [6, 6.07) is 3.79. The summed E-state index contributed by atoms with van der Waals surface area (Å²) in [6.45, 7) is 7.92. The number of amides is 1. The molecular weight excluding hydrogens is 394 g/mol. The van der Waals surface area contributed by atoms with E-state index in [1.165, 1.54) is 31.6 Å². The first-order chi connectivity index (χ1) is 14.3. The number of carbonyl (C=O) groups is 1. The minimum atomic E-state index is -1.56. The van der Waals surface area contributed by atoms with Crippen molar-refractivity contribution >= 4 is 17.4 Å². The number of nitrogens with one attached hydrogen (secondary N) is 1. The molecule has 1 aliphatic rings. The number of benzene rings is 1. The van der Waals surface area contributed by atoms with Crippen LogP contribution in [0.15, 0.2) is 35.6 Å². The molecule has 1 aromatic carbocycles. The normalized spacial score (nSPS) is 23.2. The maximum atomic E-state index is 14.6. The van der Waals surface area contributed by atoms with E-state index in [0.717, 1.165) is 6.07 Å². The molecule has 2 heterocycles. The van der Waals surface area contributed by atoms with Gasteiger partial charge in [0.1, 0.15) is 23.7 Å². The summed E-state index contributed by atoms with van der Waals surface area (Å²) in [5.41, 5.74) is 3.54. The van der Waals surface area contributed by atoms with E-state index in [0.29, 0.717) is 0 Å². The highest BCUT2D eigenvalue weighted by Crippen LogP contribution is 2.41. The van der Waals surface area contributed by atoms with Gasteiger partial charge in [0.15, 0.2) is 5.84 Å². The number of carbonyl (C=O) groups excluding carboxylic acids is 1. The first kappa shape index (κ1) is 21.1. The first-order valence-electron chi connectivity index (χ1n) is 9.05. The number of nitrogens with two attached hydrogens (primary N) is 1. The maximum absolute atomic E-state index is 14.6. The molecule has 0 saturated carbocycles. The van der Waals surface area contributed by atoms with Crippen molar-refractivity contribution < 1.29 is 18.3 Å². The Hall–Kier alpha value is -3.61. The molecule has 2 atom stereocenters. The van der Waals surface area contributed by atoms with Crippen molar-refractivity contribution in [1.82, 2.24) is 9.97 Å². The highest BCUT2D eigenvalue weighted by molar-refractivity contribution is 6.02. The van der Waals surface area contributed by atoms with Crippen molar-refractivity contribution in [3.63, 3.8) is 0 Å². The molecular formula is C20H20F2N6O2. The standard InChI is InChI=1S/C20H20F2N6O2/c1-19(24-2)6-7-20(11-21,28-18(19)23)13-8-12(4-5-14(13)22)27-17(29)15-9-26-16(30-3)10-25-15/h4-5,8-10H,6-7,11H2,1,3H3,(H2,23,28)(H,27,29)/t19-,20+/m0/s1. The van der Waals surface area contributed by atoms with E-state index in [1.54, 1.807) is 6.92 Å². The summed E-state index contributed by atoms with van der Waals surface area (Å²) in [5.74, 6) is -1.05. The van der Waals surface area contributed by atoms with Gasteiger partial charge in [-0.2, -0.15) is 0 Å². The molecule has 1 aliphatic heterocycles. The molecule has 3 rings (SSSR count). The maximum Gasteiger partial charge on any atom is 0.285 e. The van der Waals surface area contributed by atoms with Crippen LogP contribution in [0.2, 0.25) is 0 Å². The van der Waals surface area contributed by atoms with Crippen LogP contribution in [0.3, 0.4) is 0 Å². The quantitative estimate of drug-likeness (QED) is 0.732. The van der Waals surface area contributed by atoms with Crippen molar-refractivity contribution in [2.24, 2.45) is 10.7 Å². The van der Waals surface area contributed by atoms with Gasteiger partial charge in [0.05, 0.1) is 19.5 Å². The number of nitrogens with zero attached hydrogens (tertiary/aromatic N) is 4. The number of rotatable bonds is 5. The Morgan fingerprint density at radius 1 is 1.37 bits per heavy atom. The number of aromatic nitrogens is 2. The van der Waals surface area contributed by atoms with Crippen LogP contribution in [0, 0.1) is 12.4 Å². The van der Waals surface area contributed by atoms with Gasteiger partial charge in [0, 0.05) is 24.6 Å². The summed E-state index contributed by atoms with van der Waals surface area (Å²) in [6.07, 6.45) is 2.85. The van der Waals surface area contributed by atoms with Crippen LogP contribution in [0.1, 0.15) is 35.8 Å². The van der Waals surface area contributed by atoms with Crippen LogP contribution in [0.5, 0.6) is 5.88 Å². The van der Waals surface area contributed by atoms with E-state index in [4.69, 9.17) is 17.0 Å². The summed E-state index contributed by atoms with van der Waals surface area (Å²) in [7, 11) is 1.42. The highest BCUT2D eigenvalue weighted by Gasteiger charge is 2.48. The van der Waals surface area contributed by atoms with Crippen molar-refractivity contribution in [2.75, 3.05) is 19.1 Å². The topological polar surface area (TPSA) is 107 Å². The average Bonchev–Trinajstić information content (AvgIpc) is 2.77. The third-order valence-corrected chi connectivity index (χ3v) is 5.17. The van der Waals surface area contributed by atoms with Gasteiger partial charge in [0.2, 0.25) is 5.88 Å². The number of halogens is 2. The first-order valence-corrected chi connectivity index (χ1v) is 9.05. The zero-order chi connectivity index (χ0) is 21.9. The zero-order valence-corrected chi connectivity index (χ0v) is 16.4. The minimum Gasteiger partial charge on any atom is -0.480 e.